The molecule has 0 aromatic carbocycles. The van der Waals surface area contributed by atoms with Gasteiger partial charge in [0.25, 0.3) is 0 Å². The van der Waals surface area contributed by atoms with Crippen molar-refractivity contribution >= 4 is 6.09 Å². The number of cyclic esters (lactones) is 1. The Hall–Kier alpha value is -0.770. The average Bonchev–Trinajstić information content (AvgIpc) is 2.53. The minimum Gasteiger partial charge on any atom is -0.448 e. The molecule has 1 atom stereocenters. The molecule has 1 saturated heterocycles. The van der Waals surface area contributed by atoms with Crippen molar-refractivity contribution in [2.24, 2.45) is 5.92 Å². The minimum atomic E-state index is -0.205. The van der Waals surface area contributed by atoms with Crippen LogP contribution in [0, 0.1) is 5.92 Å². The Morgan fingerprint density at radius 3 is 2.86 bits per heavy atom. The van der Waals surface area contributed by atoms with E-state index >= 15 is 0 Å². The van der Waals surface area contributed by atoms with Gasteiger partial charge in [-0.25, -0.2) is 4.79 Å². The molecule has 1 amide bonds. The van der Waals surface area contributed by atoms with Crippen molar-refractivity contribution in [2.45, 2.75) is 26.2 Å². The van der Waals surface area contributed by atoms with Gasteiger partial charge in [0.05, 0.1) is 6.54 Å². The van der Waals surface area contributed by atoms with Crippen LogP contribution < -0.4 is 0 Å². The number of aliphatic hydroxyl groups excluding tert-OH is 1. The molecule has 0 aliphatic carbocycles. The van der Waals surface area contributed by atoms with Gasteiger partial charge in [0.1, 0.15) is 6.61 Å². The van der Waals surface area contributed by atoms with E-state index in [9.17, 15) is 4.79 Å². The molecule has 1 heterocycles. The highest BCUT2D eigenvalue weighted by molar-refractivity contribution is 5.69. The SMILES string of the molecule is CCCC(CCO)CN1CCOC1=O. The second-order valence-corrected chi connectivity index (χ2v) is 3.73. The molecule has 82 valence electrons. The second kappa shape index (κ2) is 5.86. The molecule has 4 nitrogen and oxygen atoms in total. The molecule has 1 aliphatic heterocycles. The Labute approximate surface area is 84.8 Å². The van der Waals surface area contributed by atoms with Crippen molar-refractivity contribution in [3.8, 4) is 0 Å². The van der Waals surface area contributed by atoms with Crippen LogP contribution in [0.25, 0.3) is 0 Å². The Kier molecular flexibility index (Phi) is 4.73. The maximum atomic E-state index is 11.2. The van der Waals surface area contributed by atoms with E-state index in [4.69, 9.17) is 9.84 Å². The molecule has 0 radical (unpaired) electrons. The summed E-state index contributed by atoms with van der Waals surface area (Å²) in [6.45, 7) is 4.26. The van der Waals surface area contributed by atoms with Crippen molar-refractivity contribution in [3.63, 3.8) is 0 Å². The number of aliphatic hydroxyl groups is 1. The van der Waals surface area contributed by atoms with Crippen LogP contribution in [0.4, 0.5) is 4.79 Å². The number of carbonyl (C=O) groups is 1. The van der Waals surface area contributed by atoms with Gasteiger partial charge in [-0.1, -0.05) is 13.3 Å². The third kappa shape index (κ3) is 3.18. The number of carbonyl (C=O) groups excluding carboxylic acids is 1. The summed E-state index contributed by atoms with van der Waals surface area (Å²) < 4.78 is 4.85. The summed E-state index contributed by atoms with van der Waals surface area (Å²) in [7, 11) is 0. The molecule has 1 fully saturated rings. The number of hydrogen-bond acceptors (Lipinski definition) is 3. The van der Waals surface area contributed by atoms with Gasteiger partial charge in [0.15, 0.2) is 0 Å². The summed E-state index contributed by atoms with van der Waals surface area (Å²) in [5, 5.41) is 8.87. The topological polar surface area (TPSA) is 49.8 Å². The standard InChI is InChI=1S/C10H19NO3/c1-2-3-9(4-6-12)8-11-5-7-14-10(11)13/h9,12H,2-8H2,1H3. The molecule has 1 rings (SSSR count). The highest BCUT2D eigenvalue weighted by Gasteiger charge is 2.24. The van der Waals surface area contributed by atoms with E-state index in [1.807, 2.05) is 0 Å². The fourth-order valence-corrected chi connectivity index (χ4v) is 1.82. The lowest BCUT2D eigenvalue weighted by molar-refractivity contribution is 0.149. The number of ether oxygens (including phenoxy) is 1. The van der Waals surface area contributed by atoms with E-state index in [-0.39, 0.29) is 12.7 Å². The quantitative estimate of drug-likeness (QED) is 0.703. The Morgan fingerprint density at radius 2 is 2.36 bits per heavy atom. The van der Waals surface area contributed by atoms with Gasteiger partial charge >= 0.3 is 6.09 Å². The maximum Gasteiger partial charge on any atom is 0.409 e. The van der Waals surface area contributed by atoms with Crippen LogP contribution in [0.3, 0.4) is 0 Å². The zero-order chi connectivity index (χ0) is 10.4. The molecule has 0 spiro atoms. The molecule has 0 aromatic heterocycles. The van der Waals surface area contributed by atoms with Gasteiger partial charge in [0.2, 0.25) is 0 Å². The predicted octanol–water partition coefficient (Wildman–Crippen LogP) is 1.24. The fourth-order valence-electron chi connectivity index (χ4n) is 1.82. The molecular weight excluding hydrogens is 182 g/mol. The third-order valence-corrected chi connectivity index (χ3v) is 2.56. The lowest BCUT2D eigenvalue weighted by Crippen LogP contribution is -2.30. The normalized spacial score (nSPS) is 18.4. The zero-order valence-electron chi connectivity index (χ0n) is 8.74. The largest absolute Gasteiger partial charge is 0.448 e. The highest BCUT2D eigenvalue weighted by Crippen LogP contribution is 2.15. The lowest BCUT2D eigenvalue weighted by Gasteiger charge is -2.20. The van der Waals surface area contributed by atoms with Crippen molar-refractivity contribution in [1.82, 2.24) is 4.90 Å². The van der Waals surface area contributed by atoms with E-state index in [1.165, 1.54) is 0 Å². The van der Waals surface area contributed by atoms with Crippen LogP contribution in [0.2, 0.25) is 0 Å². The lowest BCUT2D eigenvalue weighted by atomic mass is 10.00. The summed E-state index contributed by atoms with van der Waals surface area (Å²) >= 11 is 0. The van der Waals surface area contributed by atoms with Crippen molar-refractivity contribution in [2.75, 3.05) is 26.3 Å². The summed E-state index contributed by atoms with van der Waals surface area (Å²) in [4.78, 5) is 12.9. The van der Waals surface area contributed by atoms with Crippen molar-refractivity contribution in [3.05, 3.63) is 0 Å². The molecule has 0 saturated carbocycles. The monoisotopic (exact) mass is 201 g/mol. The van der Waals surface area contributed by atoms with Crippen LogP contribution in [0.1, 0.15) is 26.2 Å². The van der Waals surface area contributed by atoms with Crippen LogP contribution in [0.15, 0.2) is 0 Å². The molecule has 4 heteroatoms. The molecular formula is C10H19NO3. The molecule has 14 heavy (non-hydrogen) atoms. The molecule has 1 unspecified atom stereocenters. The first-order chi connectivity index (χ1) is 6.77. The minimum absolute atomic E-state index is 0.202. The predicted molar refractivity (Wildman–Crippen MR) is 53.0 cm³/mol. The van der Waals surface area contributed by atoms with Gasteiger partial charge in [0, 0.05) is 13.2 Å². The Bertz CT molecular complexity index is 178. The van der Waals surface area contributed by atoms with Crippen molar-refractivity contribution < 1.29 is 14.6 Å². The van der Waals surface area contributed by atoms with Gasteiger partial charge in [-0.2, -0.15) is 0 Å². The van der Waals surface area contributed by atoms with E-state index < -0.39 is 0 Å². The fraction of sp³-hybridized carbons (Fsp3) is 0.900. The number of rotatable bonds is 6. The van der Waals surface area contributed by atoms with E-state index in [0.29, 0.717) is 19.1 Å². The zero-order valence-corrected chi connectivity index (χ0v) is 8.74. The average molecular weight is 201 g/mol. The summed E-state index contributed by atoms with van der Waals surface area (Å²) in [5.41, 5.74) is 0. The van der Waals surface area contributed by atoms with Gasteiger partial charge in [-0.05, 0) is 18.8 Å². The highest BCUT2D eigenvalue weighted by atomic mass is 16.6. The first-order valence-electron chi connectivity index (χ1n) is 5.30. The van der Waals surface area contributed by atoms with E-state index in [0.717, 1.165) is 25.8 Å². The van der Waals surface area contributed by atoms with E-state index in [2.05, 4.69) is 6.92 Å². The first kappa shape index (κ1) is 11.3. The number of amides is 1. The second-order valence-electron chi connectivity index (χ2n) is 3.73. The Morgan fingerprint density at radius 1 is 1.57 bits per heavy atom. The number of hydrogen-bond donors (Lipinski definition) is 1. The van der Waals surface area contributed by atoms with Crippen molar-refractivity contribution in [1.29, 1.82) is 0 Å². The molecule has 0 aromatic rings. The summed E-state index contributed by atoms with van der Waals surface area (Å²) in [6.07, 6.45) is 2.72. The van der Waals surface area contributed by atoms with Crippen LogP contribution in [0.5, 0.6) is 0 Å². The molecule has 0 bridgehead atoms. The molecule has 1 aliphatic rings. The van der Waals surface area contributed by atoms with Crippen LogP contribution >= 0.6 is 0 Å². The Balaban J connectivity index is 2.33. The third-order valence-electron chi connectivity index (χ3n) is 2.56. The summed E-state index contributed by atoms with van der Waals surface area (Å²) in [5.74, 6) is 0.413. The maximum absolute atomic E-state index is 11.2. The number of nitrogens with zero attached hydrogens (tertiary/aromatic N) is 1. The van der Waals surface area contributed by atoms with Gasteiger partial charge < -0.3 is 14.7 Å². The molecule has 1 N–H and O–H groups in total. The van der Waals surface area contributed by atoms with Crippen LogP contribution in [-0.4, -0.2) is 42.4 Å². The first-order valence-corrected chi connectivity index (χ1v) is 5.30. The van der Waals surface area contributed by atoms with E-state index in [1.54, 1.807) is 4.90 Å². The smallest absolute Gasteiger partial charge is 0.409 e. The van der Waals surface area contributed by atoms with Crippen LogP contribution in [-0.2, 0) is 4.74 Å². The summed E-state index contributed by atoms with van der Waals surface area (Å²) in [6, 6.07) is 0. The van der Waals surface area contributed by atoms with Gasteiger partial charge in [-0.15, -0.1) is 0 Å². The van der Waals surface area contributed by atoms with Gasteiger partial charge in [-0.3, -0.25) is 0 Å².